The fraction of sp³-hybridized carbons (Fsp3) is 0.0312. The average Bonchev–Trinajstić information content (AvgIpc) is 3.59. The minimum atomic E-state index is -0.0964. The summed E-state index contributed by atoms with van der Waals surface area (Å²) in [7, 11) is 0. The highest BCUT2D eigenvalue weighted by Crippen LogP contribution is 2.35. The van der Waals surface area contributed by atoms with Crippen LogP contribution in [-0.4, -0.2) is 31.4 Å². The van der Waals surface area contributed by atoms with Gasteiger partial charge in [-0.2, -0.15) is 9.78 Å². The number of para-hydroxylation sites is 1. The number of benzene rings is 4. The van der Waals surface area contributed by atoms with Crippen molar-refractivity contribution in [2.45, 2.75) is 5.03 Å². The number of thioether (sulfide) groups is 1. The van der Waals surface area contributed by atoms with E-state index in [0.717, 1.165) is 60.2 Å². The van der Waals surface area contributed by atoms with E-state index in [1.54, 1.807) is 0 Å². The van der Waals surface area contributed by atoms with Crippen LogP contribution in [0.3, 0.4) is 0 Å². The van der Waals surface area contributed by atoms with Gasteiger partial charge in [0.25, 0.3) is 5.91 Å². The quantitative estimate of drug-likeness (QED) is 0.240. The minimum absolute atomic E-state index is 0.0964. The van der Waals surface area contributed by atoms with E-state index < -0.39 is 0 Å². The number of hydrogen-bond donors (Lipinski definition) is 1. The van der Waals surface area contributed by atoms with Crippen LogP contribution in [0.15, 0.2) is 120 Å². The Hall–Kier alpha value is -4.68. The Morgan fingerprint density at radius 2 is 1.37 bits per heavy atom. The van der Waals surface area contributed by atoms with Gasteiger partial charge in [0, 0.05) is 32.8 Å². The summed E-state index contributed by atoms with van der Waals surface area (Å²) in [6.07, 6.45) is 0. The third-order valence-electron chi connectivity index (χ3n) is 6.74. The minimum Gasteiger partial charge on any atom is -0.353 e. The third kappa shape index (κ3) is 3.86. The van der Waals surface area contributed by atoms with Crippen molar-refractivity contribution in [3.8, 4) is 22.5 Å². The number of pyridine rings is 1. The van der Waals surface area contributed by atoms with Crippen molar-refractivity contribution in [3.05, 3.63) is 115 Å². The lowest BCUT2D eigenvalue weighted by Crippen LogP contribution is -2.16. The van der Waals surface area contributed by atoms with E-state index >= 15 is 0 Å². The van der Waals surface area contributed by atoms with Crippen LogP contribution < -0.4 is 0 Å². The Labute approximate surface area is 223 Å². The van der Waals surface area contributed by atoms with Gasteiger partial charge in [0.2, 0.25) is 0 Å². The first-order chi connectivity index (χ1) is 18.8. The molecule has 0 spiro atoms. The van der Waals surface area contributed by atoms with Gasteiger partial charge in [-0.1, -0.05) is 115 Å². The maximum atomic E-state index is 13.7. The third-order valence-corrected chi connectivity index (χ3v) is 7.71. The molecule has 0 amide bonds. The second-order valence-corrected chi connectivity index (χ2v) is 10.1. The van der Waals surface area contributed by atoms with Crippen LogP contribution in [-0.2, 0) is 0 Å². The molecule has 0 fully saturated rings. The van der Waals surface area contributed by atoms with Gasteiger partial charge in [-0.05, 0) is 12.1 Å². The van der Waals surface area contributed by atoms with Crippen molar-refractivity contribution in [1.29, 1.82) is 0 Å². The smallest absolute Gasteiger partial charge is 0.257 e. The molecule has 3 heterocycles. The predicted octanol–water partition coefficient (Wildman–Crippen LogP) is 7.83. The molecule has 0 saturated heterocycles. The van der Waals surface area contributed by atoms with Gasteiger partial charge in [-0.25, -0.2) is 4.98 Å². The van der Waals surface area contributed by atoms with E-state index in [0.29, 0.717) is 0 Å². The van der Waals surface area contributed by atoms with Crippen LogP contribution in [0.25, 0.3) is 55.2 Å². The number of fused-ring (bicyclic) bond motifs is 5. The molecule has 0 aliphatic carbocycles. The van der Waals surface area contributed by atoms with Crippen molar-refractivity contribution in [1.82, 2.24) is 19.7 Å². The molecule has 0 unspecified atom stereocenters. The lowest BCUT2D eigenvalue weighted by Gasteiger charge is -2.09. The van der Waals surface area contributed by atoms with Crippen LogP contribution in [0.4, 0.5) is 0 Å². The molecule has 7 rings (SSSR count). The van der Waals surface area contributed by atoms with Crippen LogP contribution in [0.2, 0.25) is 0 Å². The molecule has 5 nitrogen and oxygen atoms in total. The van der Waals surface area contributed by atoms with Gasteiger partial charge in [-0.3, -0.25) is 4.79 Å². The van der Waals surface area contributed by atoms with Crippen LogP contribution >= 0.6 is 11.8 Å². The zero-order chi connectivity index (χ0) is 25.5. The summed E-state index contributed by atoms with van der Waals surface area (Å²) >= 11 is 1.45. The molecular weight excluding hydrogens is 488 g/mol. The molecule has 0 bridgehead atoms. The summed E-state index contributed by atoms with van der Waals surface area (Å²) in [5.41, 5.74) is 6.46. The monoisotopic (exact) mass is 510 g/mol. The number of nitrogens with zero attached hydrogens (tertiary/aromatic N) is 3. The summed E-state index contributed by atoms with van der Waals surface area (Å²) in [5, 5.41) is 8.78. The van der Waals surface area contributed by atoms with E-state index in [2.05, 4.69) is 29.2 Å². The highest BCUT2D eigenvalue weighted by atomic mass is 32.2. The summed E-state index contributed by atoms with van der Waals surface area (Å²) in [6.45, 7) is 0. The number of hydrogen-bond acceptors (Lipinski definition) is 4. The van der Waals surface area contributed by atoms with E-state index in [9.17, 15) is 4.79 Å². The molecule has 3 aromatic heterocycles. The molecule has 1 N–H and O–H groups in total. The standard InChI is InChI=1S/C32H22N4OS/c37-29(36-28(22-13-5-2-6-14-22)19-27(35-36)21-11-3-1-4-12-21)20-38-32-24-16-8-7-15-23(24)30-31(34-32)25-17-9-10-18-26(25)33-30/h1-19,33H,20H2. The Morgan fingerprint density at radius 1 is 0.737 bits per heavy atom. The number of carbonyl (C=O) groups excluding carboxylic acids is 1. The molecule has 0 saturated carbocycles. The molecule has 0 aliphatic heterocycles. The molecule has 0 aliphatic rings. The number of aromatic amines is 1. The van der Waals surface area contributed by atoms with Gasteiger partial charge in [0.15, 0.2) is 0 Å². The molecule has 182 valence electrons. The number of carbonyl (C=O) groups is 1. The van der Waals surface area contributed by atoms with E-state index in [1.165, 1.54) is 16.4 Å². The maximum Gasteiger partial charge on any atom is 0.257 e. The number of H-pyrrole nitrogens is 1. The molecular formula is C32H22N4OS. The van der Waals surface area contributed by atoms with Crippen molar-refractivity contribution < 1.29 is 4.79 Å². The normalized spacial score (nSPS) is 11.5. The molecule has 38 heavy (non-hydrogen) atoms. The zero-order valence-electron chi connectivity index (χ0n) is 20.3. The molecule has 6 heteroatoms. The second-order valence-electron chi connectivity index (χ2n) is 9.10. The lowest BCUT2D eigenvalue weighted by atomic mass is 10.1. The van der Waals surface area contributed by atoms with Gasteiger partial charge < -0.3 is 4.98 Å². The summed E-state index contributed by atoms with van der Waals surface area (Å²) < 4.78 is 1.54. The van der Waals surface area contributed by atoms with Crippen LogP contribution in [0.5, 0.6) is 0 Å². The van der Waals surface area contributed by atoms with Gasteiger partial charge in [0.05, 0.1) is 28.2 Å². The number of rotatable bonds is 5. The first-order valence-electron chi connectivity index (χ1n) is 12.4. The van der Waals surface area contributed by atoms with Gasteiger partial charge in [0.1, 0.15) is 5.03 Å². The van der Waals surface area contributed by atoms with Gasteiger partial charge >= 0.3 is 0 Å². The first kappa shape index (κ1) is 22.5. The fourth-order valence-corrected chi connectivity index (χ4v) is 5.80. The van der Waals surface area contributed by atoms with E-state index in [4.69, 9.17) is 10.1 Å². The van der Waals surface area contributed by atoms with Crippen LogP contribution in [0, 0.1) is 0 Å². The van der Waals surface area contributed by atoms with Gasteiger partial charge in [-0.15, -0.1) is 0 Å². The summed E-state index contributed by atoms with van der Waals surface area (Å²) in [4.78, 5) is 22.2. The molecule has 0 radical (unpaired) electrons. The number of nitrogens with one attached hydrogen (secondary N) is 1. The average molecular weight is 511 g/mol. The van der Waals surface area contributed by atoms with Crippen molar-refractivity contribution >= 4 is 50.4 Å². The van der Waals surface area contributed by atoms with Crippen molar-refractivity contribution in [2.24, 2.45) is 0 Å². The Morgan fingerprint density at radius 3 is 2.13 bits per heavy atom. The summed E-state index contributed by atoms with van der Waals surface area (Å²) in [6, 6.07) is 38.3. The largest absolute Gasteiger partial charge is 0.353 e. The predicted molar refractivity (Wildman–Crippen MR) is 156 cm³/mol. The van der Waals surface area contributed by atoms with E-state index in [-0.39, 0.29) is 11.7 Å². The second kappa shape index (κ2) is 9.32. The Kier molecular flexibility index (Phi) is 5.52. The maximum absolute atomic E-state index is 13.7. The SMILES string of the molecule is O=C(CSc1nc2c3ccccc3[nH]c2c2ccccc12)n1nc(-c2ccccc2)cc1-c1ccccc1. The molecule has 7 aromatic rings. The van der Waals surface area contributed by atoms with Crippen molar-refractivity contribution in [2.75, 3.05) is 5.75 Å². The topological polar surface area (TPSA) is 63.6 Å². The summed E-state index contributed by atoms with van der Waals surface area (Å²) in [5.74, 6) is 0.113. The molecule has 0 atom stereocenters. The lowest BCUT2D eigenvalue weighted by molar-refractivity contribution is 0.0929. The van der Waals surface area contributed by atoms with Crippen molar-refractivity contribution in [3.63, 3.8) is 0 Å². The highest BCUT2D eigenvalue weighted by Gasteiger charge is 2.19. The van der Waals surface area contributed by atoms with E-state index in [1.807, 2.05) is 91.0 Å². The highest BCUT2D eigenvalue weighted by molar-refractivity contribution is 8.00. The zero-order valence-corrected chi connectivity index (χ0v) is 21.2. The Bertz CT molecular complexity index is 1940. The first-order valence-corrected chi connectivity index (χ1v) is 13.4. The number of aromatic nitrogens is 4. The fourth-order valence-electron chi connectivity index (χ4n) is 4.92. The Balaban J connectivity index is 1.28. The molecule has 4 aromatic carbocycles. The van der Waals surface area contributed by atoms with Crippen LogP contribution in [0.1, 0.15) is 4.79 Å².